The number of aryl methyl sites for hydroxylation is 1. The van der Waals surface area contributed by atoms with Crippen LogP contribution in [-0.2, 0) is 6.42 Å². The highest BCUT2D eigenvalue weighted by atomic mass is 32.1. The molecule has 0 aliphatic carbocycles. The van der Waals surface area contributed by atoms with Gasteiger partial charge in [-0.25, -0.2) is 0 Å². The minimum atomic E-state index is -0.264. The van der Waals surface area contributed by atoms with Crippen molar-refractivity contribution in [1.82, 2.24) is 9.69 Å². The lowest BCUT2D eigenvalue weighted by molar-refractivity contribution is 0.163. The highest BCUT2D eigenvalue weighted by Gasteiger charge is 2.29. The SMILES string of the molecule is N=C1NC(CCc2ccccc2)Oc2nsc(Nc3ccc(Oc4ccccc4)cc3)c21. The molecule has 1 unspecified atom stereocenters. The number of hydrogen-bond donors (Lipinski definition) is 3. The van der Waals surface area contributed by atoms with Crippen LogP contribution in [0.15, 0.2) is 84.9 Å². The van der Waals surface area contributed by atoms with Crippen molar-refractivity contribution < 1.29 is 9.47 Å². The number of aromatic nitrogens is 1. The molecule has 0 bridgehead atoms. The topological polar surface area (TPSA) is 79.3 Å². The number of rotatable bonds is 7. The summed E-state index contributed by atoms with van der Waals surface area (Å²) in [7, 11) is 0. The molecule has 1 aromatic heterocycles. The van der Waals surface area contributed by atoms with Crippen molar-refractivity contribution in [1.29, 1.82) is 5.41 Å². The van der Waals surface area contributed by atoms with E-state index in [9.17, 15) is 0 Å². The Bertz CT molecular complexity index is 1190. The standard InChI is InChI=1S/C25H22N4O2S/c26-23-22-24(31-21(28-23)16-11-17-7-3-1-4-8-17)29-32-25(22)27-18-12-14-20(15-13-18)30-19-9-5-2-6-10-19/h1-10,12-15,21,27H,11,16H2,(H2,26,28). The van der Waals surface area contributed by atoms with Gasteiger partial charge in [-0.15, -0.1) is 0 Å². The van der Waals surface area contributed by atoms with Gasteiger partial charge in [-0.3, -0.25) is 5.41 Å². The number of hydrogen-bond acceptors (Lipinski definition) is 6. The van der Waals surface area contributed by atoms with E-state index in [0.29, 0.717) is 17.3 Å². The second-order valence-electron chi connectivity index (χ2n) is 7.41. The molecule has 4 aromatic rings. The summed E-state index contributed by atoms with van der Waals surface area (Å²) >= 11 is 1.29. The normalized spacial score (nSPS) is 14.8. The molecule has 5 rings (SSSR count). The van der Waals surface area contributed by atoms with Crippen molar-refractivity contribution in [3.8, 4) is 17.4 Å². The van der Waals surface area contributed by atoms with Crippen LogP contribution in [0, 0.1) is 5.41 Å². The lowest BCUT2D eigenvalue weighted by Gasteiger charge is -2.26. The van der Waals surface area contributed by atoms with E-state index in [4.69, 9.17) is 14.9 Å². The molecular weight excluding hydrogens is 420 g/mol. The van der Waals surface area contributed by atoms with Crippen LogP contribution >= 0.6 is 11.5 Å². The maximum absolute atomic E-state index is 8.48. The zero-order chi connectivity index (χ0) is 21.8. The van der Waals surface area contributed by atoms with Crippen molar-refractivity contribution in [2.24, 2.45) is 0 Å². The molecule has 0 fully saturated rings. The summed E-state index contributed by atoms with van der Waals surface area (Å²) in [6.45, 7) is 0. The number of amidine groups is 1. The third kappa shape index (κ3) is 4.58. The Balaban J connectivity index is 1.23. The third-order valence-electron chi connectivity index (χ3n) is 5.10. The number of nitrogens with one attached hydrogen (secondary N) is 3. The molecule has 1 atom stereocenters. The van der Waals surface area contributed by atoms with E-state index in [1.165, 1.54) is 17.1 Å². The van der Waals surface area contributed by atoms with Crippen LogP contribution in [0.5, 0.6) is 17.4 Å². The average molecular weight is 443 g/mol. The molecule has 1 aliphatic rings. The van der Waals surface area contributed by atoms with Crippen LogP contribution in [0.1, 0.15) is 17.5 Å². The van der Waals surface area contributed by atoms with Gasteiger partial charge in [0.05, 0.1) is 0 Å². The molecule has 0 saturated carbocycles. The smallest absolute Gasteiger partial charge is 0.240 e. The Morgan fingerprint density at radius 3 is 2.38 bits per heavy atom. The van der Waals surface area contributed by atoms with Gasteiger partial charge >= 0.3 is 0 Å². The molecule has 2 heterocycles. The summed E-state index contributed by atoms with van der Waals surface area (Å²) in [5, 5.41) is 15.8. The third-order valence-corrected chi connectivity index (χ3v) is 5.84. The fourth-order valence-electron chi connectivity index (χ4n) is 3.49. The first-order chi connectivity index (χ1) is 15.7. The van der Waals surface area contributed by atoms with Crippen LogP contribution < -0.4 is 20.1 Å². The summed E-state index contributed by atoms with van der Waals surface area (Å²) in [6.07, 6.45) is 1.36. The van der Waals surface area contributed by atoms with Gasteiger partial charge in [-0.2, -0.15) is 4.37 Å². The zero-order valence-corrected chi connectivity index (χ0v) is 18.1. The van der Waals surface area contributed by atoms with Crippen LogP contribution in [0.3, 0.4) is 0 Å². The van der Waals surface area contributed by atoms with Crippen LogP contribution in [0.25, 0.3) is 0 Å². The molecule has 6 nitrogen and oxygen atoms in total. The molecule has 0 amide bonds. The van der Waals surface area contributed by atoms with E-state index in [0.717, 1.165) is 35.0 Å². The van der Waals surface area contributed by atoms with E-state index in [2.05, 4.69) is 27.1 Å². The fourth-order valence-corrected chi connectivity index (χ4v) is 4.25. The van der Waals surface area contributed by atoms with Gasteiger partial charge in [0.15, 0.2) is 6.23 Å². The summed E-state index contributed by atoms with van der Waals surface area (Å²) < 4.78 is 16.3. The monoisotopic (exact) mass is 442 g/mol. The van der Waals surface area contributed by atoms with Gasteiger partial charge in [0.2, 0.25) is 5.88 Å². The predicted molar refractivity (Wildman–Crippen MR) is 127 cm³/mol. The number of benzene rings is 3. The summed E-state index contributed by atoms with van der Waals surface area (Å²) in [6, 6.07) is 27.6. The van der Waals surface area contributed by atoms with Gasteiger partial charge in [0.1, 0.15) is 27.9 Å². The van der Waals surface area contributed by atoms with Gasteiger partial charge in [-0.1, -0.05) is 48.5 Å². The first-order valence-corrected chi connectivity index (χ1v) is 11.2. The second-order valence-corrected chi connectivity index (χ2v) is 8.18. The number of nitrogens with zero attached hydrogens (tertiary/aromatic N) is 1. The summed E-state index contributed by atoms with van der Waals surface area (Å²) in [5.74, 6) is 2.38. The Labute approximate surface area is 190 Å². The van der Waals surface area contributed by atoms with Gasteiger partial charge in [-0.05, 0) is 59.9 Å². The van der Waals surface area contributed by atoms with E-state index >= 15 is 0 Å². The van der Waals surface area contributed by atoms with Crippen LogP contribution in [-0.4, -0.2) is 16.4 Å². The molecular formula is C25H22N4O2S. The minimum absolute atomic E-state index is 0.264. The van der Waals surface area contributed by atoms with E-state index in [1.54, 1.807) is 0 Å². The maximum atomic E-state index is 8.48. The van der Waals surface area contributed by atoms with E-state index in [1.807, 2.05) is 72.8 Å². The van der Waals surface area contributed by atoms with E-state index < -0.39 is 0 Å². The van der Waals surface area contributed by atoms with Gasteiger partial charge in [0, 0.05) is 12.1 Å². The maximum Gasteiger partial charge on any atom is 0.240 e. The van der Waals surface area contributed by atoms with Gasteiger partial charge in [0.25, 0.3) is 0 Å². The number of anilines is 2. The first-order valence-electron chi connectivity index (χ1n) is 10.4. The van der Waals surface area contributed by atoms with Crippen LogP contribution in [0.2, 0.25) is 0 Å². The number of ether oxygens (including phenoxy) is 2. The fraction of sp³-hybridized carbons (Fsp3) is 0.120. The molecule has 1 aliphatic heterocycles. The van der Waals surface area contributed by atoms with Crippen LogP contribution in [0.4, 0.5) is 10.7 Å². The molecule has 7 heteroatoms. The highest BCUT2D eigenvalue weighted by molar-refractivity contribution is 7.11. The Morgan fingerprint density at radius 1 is 0.938 bits per heavy atom. The van der Waals surface area contributed by atoms with Crippen molar-refractivity contribution in [2.75, 3.05) is 5.32 Å². The van der Waals surface area contributed by atoms with Gasteiger partial charge < -0.3 is 20.1 Å². The minimum Gasteiger partial charge on any atom is -0.457 e. The Hall–Kier alpha value is -3.84. The first kappa shape index (κ1) is 20.1. The Kier molecular flexibility index (Phi) is 5.72. The lowest BCUT2D eigenvalue weighted by Crippen LogP contribution is -2.43. The molecule has 0 saturated heterocycles. The van der Waals surface area contributed by atoms with Crippen molar-refractivity contribution in [2.45, 2.75) is 19.1 Å². The van der Waals surface area contributed by atoms with Crippen molar-refractivity contribution >= 4 is 28.1 Å². The average Bonchev–Trinajstić information content (AvgIpc) is 3.23. The molecule has 0 radical (unpaired) electrons. The Morgan fingerprint density at radius 2 is 1.62 bits per heavy atom. The quantitative estimate of drug-likeness (QED) is 0.330. The summed E-state index contributed by atoms with van der Waals surface area (Å²) in [4.78, 5) is 0. The number of para-hydroxylation sites is 1. The molecule has 0 spiro atoms. The summed E-state index contributed by atoms with van der Waals surface area (Å²) in [5.41, 5.74) is 2.79. The largest absolute Gasteiger partial charge is 0.457 e. The predicted octanol–water partition coefficient (Wildman–Crippen LogP) is 5.95. The lowest BCUT2D eigenvalue weighted by atomic mass is 10.1. The van der Waals surface area contributed by atoms with Crippen molar-refractivity contribution in [3.05, 3.63) is 96.1 Å². The van der Waals surface area contributed by atoms with Crippen molar-refractivity contribution in [3.63, 3.8) is 0 Å². The highest BCUT2D eigenvalue weighted by Crippen LogP contribution is 2.36. The molecule has 3 N–H and O–H groups in total. The molecule has 3 aromatic carbocycles. The molecule has 160 valence electrons. The second kappa shape index (κ2) is 9.11. The van der Waals surface area contributed by atoms with E-state index in [-0.39, 0.29) is 6.23 Å². The zero-order valence-electron chi connectivity index (χ0n) is 17.2. The molecule has 32 heavy (non-hydrogen) atoms. The number of fused-ring (bicyclic) bond motifs is 1.